The van der Waals surface area contributed by atoms with Crippen LogP contribution in [0.4, 0.5) is 5.00 Å². The summed E-state index contributed by atoms with van der Waals surface area (Å²) in [5.41, 5.74) is 3.11. The first-order chi connectivity index (χ1) is 13.9. The number of thioether (sulfide) groups is 1. The number of aryl methyl sites for hydroxylation is 2. The summed E-state index contributed by atoms with van der Waals surface area (Å²) < 4.78 is 6.73. The molecule has 1 aromatic carbocycles. The molecule has 0 aliphatic carbocycles. The fourth-order valence-corrected chi connectivity index (χ4v) is 4.43. The van der Waals surface area contributed by atoms with Gasteiger partial charge in [0.2, 0.25) is 11.1 Å². The first kappa shape index (κ1) is 21.0. The summed E-state index contributed by atoms with van der Waals surface area (Å²) in [5, 5.41) is 15.6. The second-order valence-electron chi connectivity index (χ2n) is 6.20. The Morgan fingerprint density at radius 3 is 2.72 bits per heavy atom. The van der Waals surface area contributed by atoms with Crippen molar-refractivity contribution in [2.75, 3.05) is 17.7 Å². The maximum atomic E-state index is 12.5. The number of carbonyl (C=O) groups excluding carboxylic acids is 2. The minimum atomic E-state index is -0.430. The van der Waals surface area contributed by atoms with Gasteiger partial charge >= 0.3 is 5.97 Å². The second kappa shape index (κ2) is 9.19. The zero-order valence-corrected chi connectivity index (χ0v) is 18.2. The largest absolute Gasteiger partial charge is 0.462 e. The highest BCUT2D eigenvalue weighted by Gasteiger charge is 2.22. The van der Waals surface area contributed by atoms with Gasteiger partial charge in [0.25, 0.3) is 0 Å². The van der Waals surface area contributed by atoms with E-state index >= 15 is 0 Å². The summed E-state index contributed by atoms with van der Waals surface area (Å²) in [6.07, 6.45) is 0. The van der Waals surface area contributed by atoms with E-state index < -0.39 is 5.97 Å². The van der Waals surface area contributed by atoms with Crippen LogP contribution in [-0.2, 0) is 9.53 Å². The number of esters is 1. The van der Waals surface area contributed by atoms with Crippen molar-refractivity contribution in [2.24, 2.45) is 0 Å². The smallest absolute Gasteiger partial charge is 0.341 e. The van der Waals surface area contributed by atoms with Crippen molar-refractivity contribution < 1.29 is 14.3 Å². The molecule has 0 bridgehead atoms. The van der Waals surface area contributed by atoms with Gasteiger partial charge in [-0.1, -0.05) is 30.0 Å². The highest BCUT2D eigenvalue weighted by Crippen LogP contribution is 2.33. The fourth-order valence-electron chi connectivity index (χ4n) is 2.68. The first-order valence-corrected chi connectivity index (χ1v) is 10.8. The number of benzene rings is 1. The predicted molar refractivity (Wildman–Crippen MR) is 113 cm³/mol. The number of anilines is 1. The van der Waals surface area contributed by atoms with Crippen LogP contribution in [0.15, 0.2) is 29.4 Å². The molecule has 0 atom stereocenters. The van der Waals surface area contributed by atoms with Crippen molar-refractivity contribution in [3.8, 4) is 5.69 Å². The highest BCUT2D eigenvalue weighted by atomic mass is 32.2. The molecule has 1 amide bonds. The van der Waals surface area contributed by atoms with Crippen LogP contribution in [0.5, 0.6) is 0 Å². The number of nitrogens with zero attached hydrogens (tertiary/aromatic N) is 4. The Morgan fingerprint density at radius 2 is 2.00 bits per heavy atom. The molecule has 0 saturated carbocycles. The second-order valence-corrected chi connectivity index (χ2v) is 8.37. The highest BCUT2D eigenvalue weighted by molar-refractivity contribution is 7.99. The molecule has 152 valence electrons. The Hall–Kier alpha value is -2.72. The lowest BCUT2D eigenvalue weighted by Crippen LogP contribution is -2.17. The van der Waals surface area contributed by atoms with Gasteiger partial charge in [-0.25, -0.2) is 4.79 Å². The molecule has 8 nitrogen and oxygen atoms in total. The van der Waals surface area contributed by atoms with E-state index in [0.29, 0.717) is 15.7 Å². The summed E-state index contributed by atoms with van der Waals surface area (Å²) in [6.45, 7) is 7.75. The van der Waals surface area contributed by atoms with Crippen LogP contribution in [0, 0.1) is 20.8 Å². The van der Waals surface area contributed by atoms with E-state index in [1.54, 1.807) is 11.6 Å². The van der Waals surface area contributed by atoms with Crippen molar-refractivity contribution in [1.82, 2.24) is 20.2 Å². The van der Waals surface area contributed by atoms with Crippen molar-refractivity contribution >= 4 is 40.0 Å². The lowest BCUT2D eigenvalue weighted by atomic mass is 10.1. The van der Waals surface area contributed by atoms with Crippen molar-refractivity contribution in [1.29, 1.82) is 0 Å². The third-order valence-electron chi connectivity index (χ3n) is 4.23. The summed E-state index contributed by atoms with van der Waals surface area (Å²) in [6, 6.07) is 7.73. The van der Waals surface area contributed by atoms with Gasteiger partial charge in [0.1, 0.15) is 5.00 Å². The molecule has 0 radical (unpaired) electrons. The molecule has 10 heteroatoms. The SMILES string of the molecule is CCOC(=O)c1c(NC(=O)CSc2nnnn2-c2ccccc2C)sc(C)c1C. The van der Waals surface area contributed by atoms with E-state index in [9.17, 15) is 9.59 Å². The Kier molecular flexibility index (Phi) is 6.65. The number of ether oxygens (including phenoxy) is 1. The Labute approximate surface area is 176 Å². The van der Waals surface area contributed by atoms with Crippen molar-refractivity contribution in [3.05, 3.63) is 45.8 Å². The third-order valence-corrected chi connectivity index (χ3v) is 6.28. The predicted octanol–water partition coefficient (Wildman–Crippen LogP) is 3.56. The van der Waals surface area contributed by atoms with Crippen LogP contribution < -0.4 is 5.32 Å². The van der Waals surface area contributed by atoms with E-state index in [0.717, 1.165) is 21.7 Å². The van der Waals surface area contributed by atoms with E-state index in [1.807, 2.05) is 45.0 Å². The standard InChI is InChI=1S/C19H21N5O3S2/c1-5-27-18(26)16-12(3)13(4)29-17(16)20-15(25)10-28-19-21-22-23-24(19)14-9-7-6-8-11(14)2/h6-9H,5,10H2,1-4H3,(H,20,25). The fraction of sp³-hybridized carbons (Fsp3) is 0.316. The van der Waals surface area contributed by atoms with Crippen LogP contribution >= 0.6 is 23.1 Å². The van der Waals surface area contributed by atoms with Crippen LogP contribution in [0.3, 0.4) is 0 Å². The summed E-state index contributed by atoms with van der Waals surface area (Å²) in [7, 11) is 0. The molecule has 0 spiro atoms. The van der Waals surface area contributed by atoms with Gasteiger partial charge in [-0.3, -0.25) is 4.79 Å². The van der Waals surface area contributed by atoms with Crippen LogP contribution in [0.25, 0.3) is 5.69 Å². The number of carbonyl (C=O) groups is 2. The normalized spacial score (nSPS) is 10.8. The Morgan fingerprint density at radius 1 is 1.24 bits per heavy atom. The topological polar surface area (TPSA) is 99.0 Å². The molecular weight excluding hydrogens is 410 g/mol. The number of rotatable bonds is 7. The van der Waals surface area contributed by atoms with Gasteiger partial charge in [-0.2, -0.15) is 4.68 Å². The zero-order chi connectivity index (χ0) is 21.0. The molecule has 1 N–H and O–H groups in total. The number of hydrogen-bond donors (Lipinski definition) is 1. The number of amides is 1. The molecule has 3 rings (SSSR count). The molecule has 2 aromatic heterocycles. The van der Waals surface area contributed by atoms with Crippen LogP contribution in [0.2, 0.25) is 0 Å². The van der Waals surface area contributed by atoms with Gasteiger partial charge in [-0.05, 0) is 55.3 Å². The maximum Gasteiger partial charge on any atom is 0.341 e. The number of para-hydroxylation sites is 1. The average molecular weight is 432 g/mol. The molecular formula is C19H21N5O3S2. The number of hydrogen-bond acceptors (Lipinski definition) is 8. The molecule has 3 aromatic rings. The number of nitrogens with one attached hydrogen (secondary N) is 1. The van der Waals surface area contributed by atoms with Crippen molar-refractivity contribution in [3.63, 3.8) is 0 Å². The minimum absolute atomic E-state index is 0.102. The monoisotopic (exact) mass is 431 g/mol. The Bertz CT molecular complexity index is 1040. The van der Waals surface area contributed by atoms with Gasteiger partial charge in [0, 0.05) is 4.88 Å². The lowest BCUT2D eigenvalue weighted by molar-refractivity contribution is -0.113. The average Bonchev–Trinajstić information content (AvgIpc) is 3.25. The van der Waals surface area contributed by atoms with E-state index in [4.69, 9.17) is 4.74 Å². The summed E-state index contributed by atoms with van der Waals surface area (Å²) in [5.74, 6) is -0.577. The molecule has 29 heavy (non-hydrogen) atoms. The maximum absolute atomic E-state index is 12.5. The number of thiophene rings is 1. The van der Waals surface area contributed by atoms with Crippen molar-refractivity contribution in [2.45, 2.75) is 32.9 Å². The molecule has 0 aliphatic heterocycles. The zero-order valence-electron chi connectivity index (χ0n) is 16.6. The van der Waals surface area contributed by atoms with Crippen LogP contribution in [0.1, 0.15) is 33.3 Å². The molecule has 0 fully saturated rings. The molecule has 0 unspecified atom stereocenters. The van der Waals surface area contributed by atoms with Gasteiger partial charge in [0.05, 0.1) is 23.6 Å². The summed E-state index contributed by atoms with van der Waals surface area (Å²) in [4.78, 5) is 25.7. The number of tetrazole rings is 1. The third kappa shape index (κ3) is 4.65. The van der Waals surface area contributed by atoms with Crippen LogP contribution in [-0.4, -0.2) is 44.4 Å². The van der Waals surface area contributed by atoms with Gasteiger partial charge in [0.15, 0.2) is 0 Å². The Balaban J connectivity index is 1.71. The molecule has 2 heterocycles. The van der Waals surface area contributed by atoms with E-state index in [-0.39, 0.29) is 18.3 Å². The lowest BCUT2D eigenvalue weighted by Gasteiger charge is -2.08. The summed E-state index contributed by atoms with van der Waals surface area (Å²) >= 11 is 2.58. The molecule has 0 aliphatic rings. The van der Waals surface area contributed by atoms with Gasteiger partial charge in [-0.15, -0.1) is 16.4 Å². The van der Waals surface area contributed by atoms with E-state index in [1.165, 1.54) is 23.1 Å². The quantitative estimate of drug-likeness (QED) is 0.451. The number of aromatic nitrogens is 4. The minimum Gasteiger partial charge on any atom is -0.462 e. The molecule has 0 saturated heterocycles. The van der Waals surface area contributed by atoms with E-state index in [2.05, 4.69) is 20.8 Å². The first-order valence-electron chi connectivity index (χ1n) is 8.96. The van der Waals surface area contributed by atoms with Gasteiger partial charge < -0.3 is 10.1 Å².